The Morgan fingerprint density at radius 1 is 1.10 bits per heavy atom. The average molecular weight is 460 g/mol. The van der Waals surface area contributed by atoms with E-state index in [1.807, 2.05) is 20.8 Å². The molecule has 0 amide bonds. The van der Waals surface area contributed by atoms with E-state index in [0.717, 1.165) is 11.6 Å². The Hall–Kier alpha value is -3.04. The predicted molar refractivity (Wildman–Crippen MR) is 118 cm³/mol. The molecule has 7 nitrogen and oxygen atoms in total. The predicted octanol–water partition coefficient (Wildman–Crippen LogP) is 4.71. The highest BCUT2D eigenvalue weighted by atomic mass is 35.5. The zero-order valence-electron chi connectivity index (χ0n) is 17.0. The topological polar surface area (TPSA) is 89.8 Å². The highest BCUT2D eigenvalue weighted by Gasteiger charge is 2.22. The van der Waals surface area contributed by atoms with Crippen LogP contribution in [0.3, 0.4) is 0 Å². The van der Waals surface area contributed by atoms with E-state index in [2.05, 4.69) is 20.0 Å². The maximum Gasteiger partial charge on any atom is 0.261 e. The van der Waals surface area contributed by atoms with Crippen molar-refractivity contribution < 1.29 is 12.8 Å². The van der Waals surface area contributed by atoms with Crippen LogP contribution in [0.2, 0.25) is 5.02 Å². The van der Waals surface area contributed by atoms with Gasteiger partial charge in [0, 0.05) is 12.3 Å². The second-order valence-electron chi connectivity index (χ2n) is 8.01. The molecule has 0 aliphatic rings. The van der Waals surface area contributed by atoms with Gasteiger partial charge >= 0.3 is 0 Å². The Morgan fingerprint density at radius 2 is 1.81 bits per heavy atom. The number of hydrogen-bond acceptors (Lipinski definition) is 5. The zero-order valence-corrected chi connectivity index (χ0v) is 18.5. The molecule has 0 spiro atoms. The molecule has 4 rings (SSSR count). The average Bonchev–Trinajstić information content (AvgIpc) is 3.14. The summed E-state index contributed by atoms with van der Waals surface area (Å²) in [6.07, 6.45) is 1.56. The minimum absolute atomic E-state index is 0.0301. The smallest absolute Gasteiger partial charge is 0.261 e. The highest BCUT2D eigenvalue weighted by molar-refractivity contribution is 7.92. The molecule has 0 fully saturated rings. The summed E-state index contributed by atoms with van der Waals surface area (Å²) < 4.78 is 44.1. The minimum atomic E-state index is -4.01. The van der Waals surface area contributed by atoms with Crippen LogP contribution < -0.4 is 4.72 Å². The van der Waals surface area contributed by atoms with Crippen molar-refractivity contribution in [2.24, 2.45) is 0 Å². The number of anilines is 1. The van der Waals surface area contributed by atoms with Crippen molar-refractivity contribution >= 4 is 38.5 Å². The Balaban J connectivity index is 1.79. The van der Waals surface area contributed by atoms with Crippen LogP contribution in [0, 0.1) is 5.82 Å². The van der Waals surface area contributed by atoms with E-state index >= 15 is 0 Å². The van der Waals surface area contributed by atoms with Crippen LogP contribution in [0.15, 0.2) is 59.6 Å². The monoisotopic (exact) mass is 459 g/mol. The van der Waals surface area contributed by atoms with E-state index in [-0.39, 0.29) is 26.7 Å². The molecule has 10 heteroatoms. The van der Waals surface area contributed by atoms with Gasteiger partial charge in [0.1, 0.15) is 11.3 Å². The lowest BCUT2D eigenvalue weighted by atomic mass is 9.87. The number of aromatic nitrogens is 4. The van der Waals surface area contributed by atoms with Gasteiger partial charge in [-0.2, -0.15) is 0 Å². The second-order valence-corrected chi connectivity index (χ2v) is 10.1. The zero-order chi connectivity index (χ0) is 22.4. The molecule has 2 heterocycles. The van der Waals surface area contributed by atoms with Crippen molar-refractivity contribution in [2.75, 3.05) is 4.72 Å². The van der Waals surface area contributed by atoms with Crippen LogP contribution in [-0.2, 0) is 15.4 Å². The summed E-state index contributed by atoms with van der Waals surface area (Å²) in [5.41, 5.74) is 1.93. The first-order valence-electron chi connectivity index (χ1n) is 9.35. The van der Waals surface area contributed by atoms with E-state index in [1.165, 1.54) is 22.9 Å². The van der Waals surface area contributed by atoms with Crippen LogP contribution in [0.25, 0.3) is 16.9 Å². The molecule has 2 aromatic heterocycles. The lowest BCUT2D eigenvalue weighted by Crippen LogP contribution is -2.16. The van der Waals surface area contributed by atoms with E-state index in [9.17, 15) is 12.8 Å². The van der Waals surface area contributed by atoms with Crippen molar-refractivity contribution in [3.05, 3.63) is 71.1 Å². The van der Waals surface area contributed by atoms with Gasteiger partial charge in [-0.15, -0.1) is 5.10 Å². The molecule has 4 aromatic rings. The van der Waals surface area contributed by atoms with Gasteiger partial charge in [0.25, 0.3) is 10.0 Å². The first kappa shape index (κ1) is 21.2. The molecule has 1 N–H and O–H groups in total. The third-order valence-corrected chi connectivity index (χ3v) is 6.44. The molecule has 0 atom stereocenters. The number of pyridine rings is 1. The molecule has 0 aliphatic carbocycles. The summed E-state index contributed by atoms with van der Waals surface area (Å²) in [6, 6.07) is 12.3. The standard InChI is InChI=1S/C21H19ClFN5O2S/c1-21(2,3)13-6-8-14(9-7-13)31(29,30)26-17-12-16(23)15(22)11-19(17)28-18-5-4-10-24-20(18)25-27-28/h4-12,26H,1-3H3. The quantitative estimate of drug-likeness (QED) is 0.477. The van der Waals surface area contributed by atoms with E-state index in [1.54, 1.807) is 30.5 Å². The number of benzene rings is 2. The summed E-state index contributed by atoms with van der Waals surface area (Å²) in [7, 11) is -4.01. The van der Waals surface area contributed by atoms with Crippen LogP contribution >= 0.6 is 11.6 Å². The van der Waals surface area contributed by atoms with Crippen molar-refractivity contribution in [3.8, 4) is 5.69 Å². The minimum Gasteiger partial charge on any atom is -0.277 e. The Morgan fingerprint density at radius 3 is 2.48 bits per heavy atom. The first-order valence-corrected chi connectivity index (χ1v) is 11.2. The normalized spacial score (nSPS) is 12.3. The summed E-state index contributed by atoms with van der Waals surface area (Å²) in [4.78, 5) is 4.16. The molecular formula is C21H19ClFN5O2S. The highest BCUT2D eigenvalue weighted by Crippen LogP contribution is 2.31. The molecular weight excluding hydrogens is 441 g/mol. The van der Waals surface area contributed by atoms with Gasteiger partial charge in [0.05, 0.1) is 21.3 Å². The molecule has 0 saturated heterocycles. The summed E-state index contributed by atoms with van der Waals surface area (Å²) >= 11 is 5.97. The Kier molecular flexibility index (Phi) is 5.18. The molecule has 0 unspecified atom stereocenters. The van der Waals surface area contributed by atoms with E-state index in [4.69, 9.17) is 11.6 Å². The molecule has 0 radical (unpaired) electrons. The van der Waals surface area contributed by atoms with Gasteiger partial charge in [-0.25, -0.2) is 22.5 Å². The second kappa shape index (κ2) is 7.58. The number of hydrogen-bond donors (Lipinski definition) is 1. The van der Waals surface area contributed by atoms with E-state index in [0.29, 0.717) is 11.2 Å². The number of nitrogens with zero attached hydrogens (tertiary/aromatic N) is 4. The lowest BCUT2D eigenvalue weighted by molar-refractivity contribution is 0.587. The number of rotatable bonds is 4. The SMILES string of the molecule is CC(C)(C)c1ccc(S(=O)(=O)Nc2cc(F)c(Cl)cc2-n2nnc3ncccc32)cc1. The van der Waals surface area contributed by atoms with Gasteiger partial charge in [-0.3, -0.25) is 4.72 Å². The molecule has 0 saturated carbocycles. The van der Waals surface area contributed by atoms with Crippen LogP contribution in [-0.4, -0.2) is 28.4 Å². The number of fused-ring (bicyclic) bond motifs is 1. The van der Waals surface area contributed by atoms with Gasteiger partial charge in [0.2, 0.25) is 5.65 Å². The van der Waals surface area contributed by atoms with Crippen LogP contribution in [0.1, 0.15) is 26.3 Å². The van der Waals surface area contributed by atoms with Crippen LogP contribution in [0.5, 0.6) is 0 Å². The van der Waals surface area contributed by atoms with Crippen molar-refractivity contribution in [3.63, 3.8) is 0 Å². The third kappa shape index (κ3) is 4.11. The van der Waals surface area contributed by atoms with E-state index < -0.39 is 15.8 Å². The van der Waals surface area contributed by atoms with Gasteiger partial charge in [0.15, 0.2) is 0 Å². The third-order valence-electron chi connectivity index (χ3n) is 4.76. The summed E-state index contributed by atoms with van der Waals surface area (Å²) in [5, 5.41) is 7.81. The summed E-state index contributed by atoms with van der Waals surface area (Å²) in [6.45, 7) is 6.11. The lowest BCUT2D eigenvalue weighted by Gasteiger charge is -2.19. The fourth-order valence-corrected chi connectivity index (χ4v) is 4.30. The Labute approximate surface area is 183 Å². The van der Waals surface area contributed by atoms with Gasteiger partial charge in [-0.05, 0) is 41.3 Å². The first-order chi connectivity index (χ1) is 14.6. The maximum atomic E-state index is 14.3. The molecule has 0 aliphatic heterocycles. The number of nitrogens with one attached hydrogen (secondary N) is 1. The summed E-state index contributed by atoms with van der Waals surface area (Å²) in [5.74, 6) is -0.770. The Bertz CT molecular complexity index is 1380. The molecule has 2 aromatic carbocycles. The largest absolute Gasteiger partial charge is 0.277 e. The van der Waals surface area contributed by atoms with Crippen molar-refractivity contribution in [2.45, 2.75) is 31.1 Å². The fraction of sp³-hybridized carbons (Fsp3) is 0.190. The molecule has 160 valence electrons. The fourth-order valence-electron chi connectivity index (χ4n) is 3.08. The maximum absolute atomic E-state index is 14.3. The molecule has 0 bridgehead atoms. The van der Waals surface area contributed by atoms with Crippen molar-refractivity contribution in [1.29, 1.82) is 0 Å². The van der Waals surface area contributed by atoms with Gasteiger partial charge in [-0.1, -0.05) is 49.7 Å². The van der Waals surface area contributed by atoms with Gasteiger partial charge < -0.3 is 0 Å². The van der Waals surface area contributed by atoms with Crippen LogP contribution in [0.4, 0.5) is 10.1 Å². The number of sulfonamides is 1. The molecule has 31 heavy (non-hydrogen) atoms. The number of halogens is 2. The van der Waals surface area contributed by atoms with Crippen molar-refractivity contribution in [1.82, 2.24) is 20.0 Å².